The molecule has 1 aromatic carbocycles. The van der Waals surface area contributed by atoms with Gasteiger partial charge in [-0.3, -0.25) is 9.69 Å². The first kappa shape index (κ1) is 17.8. The number of likely N-dealkylation sites (N-methyl/N-ethyl adjacent to an activating group) is 1. The van der Waals surface area contributed by atoms with Crippen LogP contribution in [0.4, 0.5) is 13.2 Å². The molecule has 0 saturated carbocycles. The van der Waals surface area contributed by atoms with E-state index in [0.717, 1.165) is 38.3 Å². The van der Waals surface area contributed by atoms with Crippen LogP contribution in [0.25, 0.3) is 0 Å². The number of nitrogens with zero attached hydrogens (tertiary/aromatic N) is 1. The van der Waals surface area contributed by atoms with Crippen LogP contribution in [0.1, 0.15) is 36.8 Å². The molecule has 0 radical (unpaired) electrons. The maximum absolute atomic E-state index is 12.9. The van der Waals surface area contributed by atoms with Crippen molar-refractivity contribution in [3.05, 3.63) is 35.4 Å². The van der Waals surface area contributed by atoms with Gasteiger partial charge in [-0.15, -0.1) is 0 Å². The van der Waals surface area contributed by atoms with E-state index in [0.29, 0.717) is 0 Å². The van der Waals surface area contributed by atoms with E-state index >= 15 is 0 Å². The van der Waals surface area contributed by atoms with Gasteiger partial charge in [-0.2, -0.15) is 13.2 Å². The predicted molar refractivity (Wildman–Crippen MR) is 83.0 cm³/mol. The van der Waals surface area contributed by atoms with Crippen LogP contribution in [0.5, 0.6) is 0 Å². The lowest BCUT2D eigenvalue weighted by Crippen LogP contribution is -2.45. The smallest absolute Gasteiger partial charge is 0.354 e. The molecule has 1 aromatic rings. The Morgan fingerprint density at radius 2 is 2.00 bits per heavy atom. The zero-order chi connectivity index (χ0) is 16.9. The average Bonchev–Trinajstić information content (AvgIpc) is 2.71. The first-order valence-corrected chi connectivity index (χ1v) is 8.02. The lowest BCUT2D eigenvalue weighted by Gasteiger charge is -2.24. The Kier molecular flexibility index (Phi) is 6.04. The topological polar surface area (TPSA) is 32.3 Å². The molecule has 1 heterocycles. The van der Waals surface area contributed by atoms with E-state index in [1.165, 1.54) is 12.1 Å². The third-order valence-corrected chi connectivity index (χ3v) is 4.34. The number of hydrogen-bond acceptors (Lipinski definition) is 2. The summed E-state index contributed by atoms with van der Waals surface area (Å²) in [7, 11) is 1.93. The highest BCUT2D eigenvalue weighted by Gasteiger charge is 2.32. The Balaban J connectivity index is 1.91. The number of benzene rings is 1. The van der Waals surface area contributed by atoms with Crippen molar-refractivity contribution in [2.75, 3.05) is 20.1 Å². The molecule has 6 heteroatoms. The number of hydrogen-bond donors (Lipinski definition) is 1. The average molecular weight is 328 g/mol. The quantitative estimate of drug-likeness (QED) is 0.920. The molecule has 1 aliphatic rings. The van der Waals surface area contributed by atoms with Gasteiger partial charge in [0.05, 0.1) is 11.6 Å². The maximum atomic E-state index is 12.9. The van der Waals surface area contributed by atoms with Crippen LogP contribution in [0, 0.1) is 0 Å². The summed E-state index contributed by atoms with van der Waals surface area (Å²) in [5.41, 5.74) is -0.407. The molecule has 23 heavy (non-hydrogen) atoms. The molecule has 3 nitrogen and oxygen atoms in total. The second-order valence-corrected chi connectivity index (χ2v) is 6.04. The second-order valence-electron chi connectivity index (χ2n) is 6.04. The highest BCUT2D eigenvalue weighted by Crippen LogP contribution is 2.31. The molecule has 1 unspecified atom stereocenters. The third kappa shape index (κ3) is 4.96. The van der Waals surface area contributed by atoms with E-state index in [2.05, 4.69) is 5.32 Å². The zero-order valence-corrected chi connectivity index (χ0v) is 13.3. The molecular weight excluding hydrogens is 305 g/mol. The summed E-state index contributed by atoms with van der Waals surface area (Å²) < 4.78 is 38.8. The monoisotopic (exact) mass is 328 g/mol. The third-order valence-electron chi connectivity index (χ3n) is 4.34. The molecule has 1 amide bonds. The standard InChI is InChI=1S/C17H23F3N2O/c1-22-12-6-2-3-9-15(22)16(23)21-11-10-13-7-4-5-8-14(13)17(18,19)20/h4-5,7-8,15H,2-3,6,9-12H2,1H3,(H,21,23). The fourth-order valence-electron chi connectivity index (χ4n) is 3.04. The number of halogens is 3. The fourth-order valence-corrected chi connectivity index (χ4v) is 3.04. The summed E-state index contributed by atoms with van der Waals surface area (Å²) >= 11 is 0. The molecular formula is C17H23F3N2O. The summed E-state index contributed by atoms with van der Waals surface area (Å²) in [5.74, 6) is -0.0844. The van der Waals surface area contributed by atoms with Gasteiger partial charge in [-0.1, -0.05) is 31.0 Å². The van der Waals surface area contributed by atoms with Crippen molar-refractivity contribution in [2.24, 2.45) is 0 Å². The Morgan fingerprint density at radius 1 is 1.26 bits per heavy atom. The van der Waals surface area contributed by atoms with Crippen molar-refractivity contribution < 1.29 is 18.0 Å². The number of alkyl halides is 3. The summed E-state index contributed by atoms with van der Waals surface area (Å²) in [5, 5.41) is 2.79. The van der Waals surface area contributed by atoms with E-state index < -0.39 is 11.7 Å². The molecule has 2 rings (SSSR count). The van der Waals surface area contributed by atoms with Crippen LogP contribution in [0.3, 0.4) is 0 Å². The summed E-state index contributed by atoms with van der Waals surface area (Å²) in [6, 6.07) is 5.34. The van der Waals surface area contributed by atoms with Crippen molar-refractivity contribution >= 4 is 5.91 Å². The number of likely N-dealkylation sites (tertiary alicyclic amines) is 1. The van der Waals surface area contributed by atoms with Gasteiger partial charge in [0, 0.05) is 6.54 Å². The molecule has 0 aliphatic carbocycles. The Morgan fingerprint density at radius 3 is 2.74 bits per heavy atom. The maximum Gasteiger partial charge on any atom is 0.416 e. The van der Waals surface area contributed by atoms with E-state index in [1.807, 2.05) is 11.9 Å². The number of carbonyl (C=O) groups is 1. The lowest BCUT2D eigenvalue weighted by molar-refractivity contribution is -0.138. The molecule has 0 spiro atoms. The van der Waals surface area contributed by atoms with Gasteiger partial charge in [0.25, 0.3) is 0 Å². The molecule has 1 saturated heterocycles. The van der Waals surface area contributed by atoms with Crippen LogP contribution >= 0.6 is 0 Å². The van der Waals surface area contributed by atoms with Gasteiger partial charge in [0.2, 0.25) is 5.91 Å². The van der Waals surface area contributed by atoms with E-state index in [4.69, 9.17) is 0 Å². The molecule has 1 fully saturated rings. The molecule has 1 atom stereocenters. The molecule has 128 valence electrons. The van der Waals surface area contributed by atoms with Crippen LogP contribution in [0.15, 0.2) is 24.3 Å². The highest BCUT2D eigenvalue weighted by molar-refractivity contribution is 5.81. The highest BCUT2D eigenvalue weighted by atomic mass is 19.4. The zero-order valence-electron chi connectivity index (χ0n) is 13.3. The van der Waals surface area contributed by atoms with Gasteiger partial charge in [-0.05, 0) is 44.5 Å². The normalized spacial score (nSPS) is 20.1. The van der Waals surface area contributed by atoms with Crippen molar-refractivity contribution in [1.82, 2.24) is 10.2 Å². The van der Waals surface area contributed by atoms with Crippen LogP contribution in [-0.4, -0.2) is 37.0 Å². The molecule has 0 bridgehead atoms. The minimum Gasteiger partial charge on any atom is -0.354 e. The summed E-state index contributed by atoms with van der Waals surface area (Å²) in [6.45, 7) is 1.10. The number of rotatable bonds is 4. The van der Waals surface area contributed by atoms with E-state index in [1.54, 1.807) is 6.07 Å². The number of nitrogens with one attached hydrogen (secondary N) is 1. The summed E-state index contributed by atoms with van der Waals surface area (Å²) in [6.07, 6.45) is -0.160. The van der Waals surface area contributed by atoms with Gasteiger partial charge in [0.15, 0.2) is 0 Å². The lowest BCUT2D eigenvalue weighted by atomic mass is 10.0. The first-order valence-electron chi connectivity index (χ1n) is 8.02. The van der Waals surface area contributed by atoms with Crippen LogP contribution < -0.4 is 5.32 Å². The SMILES string of the molecule is CN1CCCCCC1C(=O)NCCc1ccccc1C(F)(F)F. The molecule has 1 aliphatic heterocycles. The Bertz CT molecular complexity index is 531. The Labute approximate surface area is 134 Å². The van der Waals surface area contributed by atoms with Gasteiger partial charge >= 0.3 is 6.18 Å². The molecule has 1 N–H and O–H groups in total. The minimum absolute atomic E-state index is 0.0844. The van der Waals surface area contributed by atoms with Crippen LogP contribution in [-0.2, 0) is 17.4 Å². The van der Waals surface area contributed by atoms with E-state index in [9.17, 15) is 18.0 Å². The van der Waals surface area contributed by atoms with Crippen molar-refractivity contribution in [2.45, 2.75) is 44.3 Å². The summed E-state index contributed by atoms with van der Waals surface area (Å²) in [4.78, 5) is 14.3. The Hall–Kier alpha value is -1.56. The van der Waals surface area contributed by atoms with Gasteiger partial charge < -0.3 is 5.32 Å². The van der Waals surface area contributed by atoms with E-state index in [-0.39, 0.29) is 30.5 Å². The second kappa shape index (κ2) is 7.81. The van der Waals surface area contributed by atoms with Crippen molar-refractivity contribution in [3.63, 3.8) is 0 Å². The van der Waals surface area contributed by atoms with Crippen molar-refractivity contribution in [1.29, 1.82) is 0 Å². The minimum atomic E-state index is -4.36. The largest absolute Gasteiger partial charge is 0.416 e. The fraction of sp³-hybridized carbons (Fsp3) is 0.588. The van der Waals surface area contributed by atoms with Gasteiger partial charge in [0.1, 0.15) is 0 Å². The number of carbonyl (C=O) groups excluding carboxylic acids is 1. The first-order chi connectivity index (χ1) is 10.9. The predicted octanol–water partition coefficient (Wildman–Crippen LogP) is 3.24. The molecule has 0 aromatic heterocycles. The van der Waals surface area contributed by atoms with Crippen molar-refractivity contribution in [3.8, 4) is 0 Å². The number of amides is 1. The van der Waals surface area contributed by atoms with Gasteiger partial charge in [-0.25, -0.2) is 0 Å². The van der Waals surface area contributed by atoms with Crippen LogP contribution in [0.2, 0.25) is 0 Å².